The molecule has 112 valence electrons. The molecule has 2 heterocycles. The molecule has 0 aromatic carbocycles. The number of hydrogen-bond acceptors (Lipinski definition) is 4. The van der Waals surface area contributed by atoms with Gasteiger partial charge in [-0.3, -0.25) is 9.36 Å². The first-order valence-corrected chi connectivity index (χ1v) is 7.17. The van der Waals surface area contributed by atoms with Crippen molar-refractivity contribution in [2.24, 2.45) is 0 Å². The van der Waals surface area contributed by atoms with Crippen LogP contribution in [-0.4, -0.2) is 47.3 Å². The summed E-state index contributed by atoms with van der Waals surface area (Å²) in [6.45, 7) is 4.46. The second-order valence-electron chi connectivity index (χ2n) is 5.50. The molecule has 0 aliphatic carbocycles. The summed E-state index contributed by atoms with van der Waals surface area (Å²) in [6.07, 6.45) is 3.74. The standard InChI is InChI=1S/C14H23N3O3/c1-11-9-13(18)17(14(19)15-11)7-6-16(2)10-12-5-3-4-8-20-12/h9,12H,3-8,10H2,1-2H3,(H,15,19)/t12-/m1/s1. The van der Waals surface area contributed by atoms with Crippen LogP contribution in [0.5, 0.6) is 0 Å². The molecule has 1 aliphatic rings. The summed E-state index contributed by atoms with van der Waals surface area (Å²) in [4.78, 5) is 28.3. The van der Waals surface area contributed by atoms with Crippen molar-refractivity contribution in [2.75, 3.05) is 26.7 Å². The van der Waals surface area contributed by atoms with Crippen LogP contribution in [0.4, 0.5) is 0 Å². The van der Waals surface area contributed by atoms with Crippen LogP contribution in [0.1, 0.15) is 25.0 Å². The Hall–Kier alpha value is -1.40. The predicted octanol–water partition coefficient (Wildman–Crippen LogP) is 0.346. The van der Waals surface area contributed by atoms with Crippen LogP contribution in [0.25, 0.3) is 0 Å². The largest absolute Gasteiger partial charge is 0.377 e. The molecular formula is C14H23N3O3. The van der Waals surface area contributed by atoms with E-state index in [2.05, 4.69) is 9.88 Å². The summed E-state index contributed by atoms with van der Waals surface area (Å²) in [5.41, 5.74) is 0.0195. The van der Waals surface area contributed by atoms with Gasteiger partial charge in [-0.05, 0) is 33.2 Å². The van der Waals surface area contributed by atoms with Crippen LogP contribution in [0.3, 0.4) is 0 Å². The molecule has 0 spiro atoms. The molecule has 1 aliphatic heterocycles. The first-order chi connectivity index (χ1) is 9.56. The molecule has 6 heteroatoms. The van der Waals surface area contributed by atoms with Crippen molar-refractivity contribution < 1.29 is 4.74 Å². The molecule has 6 nitrogen and oxygen atoms in total. The van der Waals surface area contributed by atoms with Gasteiger partial charge in [-0.2, -0.15) is 0 Å². The van der Waals surface area contributed by atoms with E-state index in [1.54, 1.807) is 6.92 Å². The van der Waals surface area contributed by atoms with Gasteiger partial charge in [0.1, 0.15) is 0 Å². The lowest BCUT2D eigenvalue weighted by molar-refractivity contribution is -0.00188. The van der Waals surface area contributed by atoms with E-state index in [1.807, 2.05) is 7.05 Å². The zero-order valence-corrected chi connectivity index (χ0v) is 12.2. The summed E-state index contributed by atoms with van der Waals surface area (Å²) in [6, 6.07) is 1.45. The van der Waals surface area contributed by atoms with Crippen LogP contribution < -0.4 is 11.2 Å². The second-order valence-corrected chi connectivity index (χ2v) is 5.50. The predicted molar refractivity (Wildman–Crippen MR) is 77.1 cm³/mol. The summed E-state index contributed by atoms with van der Waals surface area (Å²) in [7, 11) is 1.99. The first kappa shape index (κ1) is 15.0. The molecule has 0 saturated carbocycles. The maximum absolute atomic E-state index is 11.8. The van der Waals surface area contributed by atoms with Crippen LogP contribution in [0.2, 0.25) is 0 Å². The van der Waals surface area contributed by atoms with E-state index in [0.29, 0.717) is 18.8 Å². The van der Waals surface area contributed by atoms with Crippen molar-refractivity contribution in [2.45, 2.75) is 38.8 Å². The van der Waals surface area contributed by atoms with Gasteiger partial charge in [0.15, 0.2) is 0 Å². The van der Waals surface area contributed by atoms with Crippen molar-refractivity contribution in [3.8, 4) is 0 Å². The summed E-state index contributed by atoms with van der Waals surface area (Å²) in [5.74, 6) is 0. The molecule has 0 amide bonds. The SMILES string of the molecule is Cc1cc(=O)n(CCN(C)C[C@H]2CCCCO2)c(=O)[nH]1. The highest BCUT2D eigenvalue weighted by Crippen LogP contribution is 2.13. The summed E-state index contributed by atoms with van der Waals surface area (Å²) < 4.78 is 6.93. The third kappa shape index (κ3) is 4.05. The van der Waals surface area contributed by atoms with Gasteiger partial charge >= 0.3 is 5.69 Å². The number of aryl methyl sites for hydroxylation is 1. The van der Waals surface area contributed by atoms with E-state index in [4.69, 9.17) is 4.74 Å². The maximum Gasteiger partial charge on any atom is 0.328 e. The molecular weight excluding hydrogens is 258 g/mol. The minimum atomic E-state index is -0.336. The van der Waals surface area contributed by atoms with Crippen LogP contribution >= 0.6 is 0 Å². The van der Waals surface area contributed by atoms with E-state index in [-0.39, 0.29) is 17.4 Å². The smallest absolute Gasteiger partial charge is 0.328 e. The fourth-order valence-corrected chi connectivity index (χ4v) is 2.51. The topological polar surface area (TPSA) is 67.3 Å². The zero-order chi connectivity index (χ0) is 14.5. The van der Waals surface area contributed by atoms with Crippen molar-refractivity contribution in [1.82, 2.24) is 14.5 Å². The molecule has 20 heavy (non-hydrogen) atoms. The van der Waals surface area contributed by atoms with E-state index in [0.717, 1.165) is 26.0 Å². The van der Waals surface area contributed by atoms with E-state index < -0.39 is 0 Å². The summed E-state index contributed by atoms with van der Waals surface area (Å²) in [5, 5.41) is 0. The van der Waals surface area contributed by atoms with E-state index in [1.165, 1.54) is 17.1 Å². The minimum Gasteiger partial charge on any atom is -0.377 e. The van der Waals surface area contributed by atoms with Gasteiger partial charge in [0.05, 0.1) is 6.10 Å². The van der Waals surface area contributed by atoms with E-state index >= 15 is 0 Å². The molecule has 1 fully saturated rings. The molecule has 1 atom stereocenters. The van der Waals surface area contributed by atoms with Crippen LogP contribution in [-0.2, 0) is 11.3 Å². The van der Waals surface area contributed by atoms with Gasteiger partial charge < -0.3 is 14.6 Å². The highest BCUT2D eigenvalue weighted by Gasteiger charge is 2.15. The van der Waals surface area contributed by atoms with Crippen LogP contribution in [0.15, 0.2) is 15.7 Å². The normalized spacial score (nSPS) is 19.4. The molecule has 1 N–H and O–H groups in total. The minimum absolute atomic E-state index is 0.242. The number of aromatic amines is 1. The lowest BCUT2D eigenvalue weighted by Gasteiger charge is -2.27. The Labute approximate surface area is 118 Å². The lowest BCUT2D eigenvalue weighted by atomic mass is 10.1. The van der Waals surface area contributed by atoms with Crippen molar-refractivity contribution in [1.29, 1.82) is 0 Å². The number of nitrogens with one attached hydrogen (secondary N) is 1. The maximum atomic E-state index is 11.8. The molecule has 1 aromatic heterocycles. The van der Waals surface area contributed by atoms with Crippen LogP contribution in [0, 0.1) is 6.92 Å². The Kier molecular flexibility index (Phi) is 5.14. The quantitative estimate of drug-likeness (QED) is 0.845. The first-order valence-electron chi connectivity index (χ1n) is 7.17. The molecule has 0 bridgehead atoms. The Morgan fingerprint density at radius 2 is 2.25 bits per heavy atom. The zero-order valence-electron chi connectivity index (χ0n) is 12.2. The Balaban J connectivity index is 1.88. The van der Waals surface area contributed by atoms with Crippen molar-refractivity contribution in [3.63, 3.8) is 0 Å². The monoisotopic (exact) mass is 281 g/mol. The number of ether oxygens (including phenoxy) is 1. The molecule has 0 unspecified atom stereocenters. The number of aromatic nitrogens is 2. The van der Waals surface area contributed by atoms with Gasteiger partial charge in [0, 0.05) is 38.0 Å². The molecule has 2 rings (SSSR count). The highest BCUT2D eigenvalue weighted by molar-refractivity contribution is 4.96. The fourth-order valence-electron chi connectivity index (χ4n) is 2.51. The molecule has 1 saturated heterocycles. The average molecular weight is 281 g/mol. The van der Waals surface area contributed by atoms with Gasteiger partial charge in [-0.15, -0.1) is 0 Å². The van der Waals surface area contributed by atoms with Crippen molar-refractivity contribution >= 4 is 0 Å². The Morgan fingerprint density at radius 3 is 2.90 bits per heavy atom. The Bertz CT molecular complexity index is 512. The third-order valence-corrected chi connectivity index (χ3v) is 3.65. The third-order valence-electron chi connectivity index (χ3n) is 3.65. The highest BCUT2D eigenvalue weighted by atomic mass is 16.5. The number of rotatable bonds is 5. The summed E-state index contributed by atoms with van der Waals surface area (Å²) >= 11 is 0. The van der Waals surface area contributed by atoms with E-state index in [9.17, 15) is 9.59 Å². The number of H-pyrrole nitrogens is 1. The molecule has 0 radical (unpaired) electrons. The fraction of sp³-hybridized carbons (Fsp3) is 0.714. The Morgan fingerprint density at radius 1 is 1.45 bits per heavy atom. The van der Waals surface area contributed by atoms with Gasteiger partial charge in [0.25, 0.3) is 5.56 Å². The lowest BCUT2D eigenvalue weighted by Crippen LogP contribution is -2.40. The second kappa shape index (κ2) is 6.85. The van der Waals surface area contributed by atoms with Crippen molar-refractivity contribution in [3.05, 3.63) is 32.6 Å². The number of hydrogen-bond donors (Lipinski definition) is 1. The number of nitrogens with zero attached hydrogens (tertiary/aromatic N) is 2. The van der Waals surface area contributed by atoms with Gasteiger partial charge in [-0.1, -0.05) is 0 Å². The van der Waals surface area contributed by atoms with Gasteiger partial charge in [0.2, 0.25) is 0 Å². The molecule has 1 aromatic rings. The van der Waals surface area contributed by atoms with Gasteiger partial charge in [-0.25, -0.2) is 4.79 Å². The average Bonchev–Trinajstić information content (AvgIpc) is 2.38. The number of likely N-dealkylation sites (N-methyl/N-ethyl adjacent to an activating group) is 1.